The van der Waals surface area contributed by atoms with Crippen LogP contribution in [0.25, 0.3) is 0 Å². The van der Waals surface area contributed by atoms with E-state index >= 15 is 0 Å². The molecule has 0 bridgehead atoms. The third kappa shape index (κ3) is 3.45. The number of nitrogens with one attached hydrogen (secondary N) is 1. The lowest BCUT2D eigenvalue weighted by molar-refractivity contribution is -0.120. The number of aryl methyl sites for hydroxylation is 1. The Hall–Kier alpha value is -2.92. The van der Waals surface area contributed by atoms with Crippen LogP contribution >= 0.6 is 15.9 Å². The van der Waals surface area contributed by atoms with Crippen LogP contribution in [0.5, 0.6) is 0 Å². The molecule has 4 nitrogen and oxygen atoms in total. The number of hydrogen-bond donors (Lipinski definition) is 1. The van der Waals surface area contributed by atoms with Gasteiger partial charge in [-0.2, -0.15) is 0 Å². The van der Waals surface area contributed by atoms with Gasteiger partial charge in [-0.1, -0.05) is 64.5 Å². The molecular weight excluding hydrogens is 416 g/mol. The van der Waals surface area contributed by atoms with Crippen molar-refractivity contribution in [1.29, 1.82) is 0 Å². The Morgan fingerprint density at radius 2 is 1.75 bits per heavy atom. The maximum Gasteiger partial charge on any atom is 0.255 e. The Kier molecular flexibility index (Phi) is 5.01. The van der Waals surface area contributed by atoms with Crippen LogP contribution in [0.2, 0.25) is 0 Å². The number of nitrogens with zero attached hydrogens (tertiary/aromatic N) is 1. The average molecular weight is 435 g/mol. The normalized spacial score (nSPS) is 13.9. The van der Waals surface area contributed by atoms with Crippen LogP contribution in [0.15, 0.2) is 77.3 Å². The van der Waals surface area contributed by atoms with Gasteiger partial charge in [0.2, 0.25) is 0 Å². The number of carbonyl (C=O) groups is 2. The van der Waals surface area contributed by atoms with Gasteiger partial charge >= 0.3 is 0 Å². The number of benzene rings is 3. The first-order chi connectivity index (χ1) is 13.5. The van der Waals surface area contributed by atoms with Gasteiger partial charge in [-0.3, -0.25) is 9.59 Å². The van der Waals surface area contributed by atoms with Crippen LogP contribution in [0, 0.1) is 6.92 Å². The topological polar surface area (TPSA) is 49.4 Å². The number of rotatable bonds is 4. The number of amides is 2. The van der Waals surface area contributed by atoms with Crippen molar-refractivity contribution in [2.45, 2.75) is 19.5 Å². The van der Waals surface area contributed by atoms with Gasteiger partial charge in [-0.05, 0) is 47.9 Å². The Morgan fingerprint density at radius 1 is 1.04 bits per heavy atom. The maximum atomic E-state index is 13.3. The van der Waals surface area contributed by atoms with Gasteiger partial charge < -0.3 is 10.2 Å². The van der Waals surface area contributed by atoms with Crippen molar-refractivity contribution in [2.24, 2.45) is 0 Å². The summed E-state index contributed by atoms with van der Waals surface area (Å²) in [6.45, 7) is 2.39. The van der Waals surface area contributed by atoms with Crippen molar-refractivity contribution in [3.8, 4) is 0 Å². The van der Waals surface area contributed by atoms with Gasteiger partial charge in [-0.25, -0.2) is 0 Å². The summed E-state index contributed by atoms with van der Waals surface area (Å²) in [7, 11) is 0. The second-order valence-electron chi connectivity index (χ2n) is 6.86. The minimum Gasteiger partial charge on any atom is -0.324 e. The number of hydrogen-bond acceptors (Lipinski definition) is 2. The molecule has 0 saturated heterocycles. The largest absolute Gasteiger partial charge is 0.324 e. The fraction of sp³-hybridized carbons (Fsp3) is 0.130. The molecule has 140 valence electrons. The van der Waals surface area contributed by atoms with Crippen molar-refractivity contribution >= 4 is 33.4 Å². The number of carbonyl (C=O) groups excluding carboxylic acids is 2. The number of halogens is 1. The Morgan fingerprint density at radius 3 is 2.46 bits per heavy atom. The molecule has 3 aromatic rings. The Balaban J connectivity index is 1.68. The zero-order valence-electron chi connectivity index (χ0n) is 15.4. The van der Waals surface area contributed by atoms with E-state index in [2.05, 4.69) is 21.2 Å². The zero-order chi connectivity index (χ0) is 19.7. The molecule has 1 N–H and O–H groups in total. The molecule has 28 heavy (non-hydrogen) atoms. The summed E-state index contributed by atoms with van der Waals surface area (Å²) in [4.78, 5) is 27.9. The van der Waals surface area contributed by atoms with Gasteiger partial charge in [-0.15, -0.1) is 0 Å². The molecule has 0 saturated carbocycles. The van der Waals surface area contributed by atoms with Gasteiger partial charge in [0.1, 0.15) is 6.04 Å². The summed E-state index contributed by atoms with van der Waals surface area (Å²) >= 11 is 3.47. The lowest BCUT2D eigenvalue weighted by atomic mass is 10.0. The van der Waals surface area contributed by atoms with E-state index in [1.165, 1.54) is 0 Å². The molecule has 3 aromatic carbocycles. The quantitative estimate of drug-likeness (QED) is 0.621. The first-order valence-corrected chi connectivity index (χ1v) is 9.85. The molecule has 2 amide bonds. The molecule has 4 rings (SSSR count). The molecule has 0 fully saturated rings. The van der Waals surface area contributed by atoms with Crippen LogP contribution in [-0.2, 0) is 11.3 Å². The van der Waals surface area contributed by atoms with E-state index in [4.69, 9.17) is 0 Å². The van der Waals surface area contributed by atoms with Crippen LogP contribution in [0.3, 0.4) is 0 Å². The molecule has 1 aliphatic heterocycles. The van der Waals surface area contributed by atoms with Crippen LogP contribution < -0.4 is 5.32 Å². The van der Waals surface area contributed by atoms with E-state index < -0.39 is 6.04 Å². The summed E-state index contributed by atoms with van der Waals surface area (Å²) in [6, 6.07) is 21.9. The summed E-state index contributed by atoms with van der Waals surface area (Å²) in [6.07, 6.45) is 0. The van der Waals surface area contributed by atoms with Crippen LogP contribution in [0.1, 0.15) is 33.1 Å². The van der Waals surface area contributed by atoms with Gasteiger partial charge in [0.05, 0.1) is 0 Å². The highest BCUT2D eigenvalue weighted by Gasteiger charge is 2.37. The highest BCUT2D eigenvalue weighted by atomic mass is 79.9. The lowest BCUT2D eigenvalue weighted by Gasteiger charge is -2.27. The summed E-state index contributed by atoms with van der Waals surface area (Å²) in [5.74, 6) is -0.347. The predicted octanol–water partition coefficient (Wildman–Crippen LogP) is 5.09. The van der Waals surface area contributed by atoms with Gasteiger partial charge in [0.25, 0.3) is 11.8 Å². The summed E-state index contributed by atoms with van der Waals surface area (Å²) < 4.78 is 0.982. The van der Waals surface area contributed by atoms with Crippen molar-refractivity contribution in [3.63, 3.8) is 0 Å². The summed E-state index contributed by atoms with van der Waals surface area (Å²) in [5, 5.41) is 2.98. The van der Waals surface area contributed by atoms with Crippen molar-refractivity contribution in [1.82, 2.24) is 4.90 Å². The first kappa shape index (κ1) is 18.4. The molecule has 1 heterocycles. The van der Waals surface area contributed by atoms with Gasteiger partial charge in [0.15, 0.2) is 0 Å². The molecule has 0 aliphatic carbocycles. The predicted molar refractivity (Wildman–Crippen MR) is 113 cm³/mol. The molecule has 1 atom stereocenters. The zero-order valence-corrected chi connectivity index (χ0v) is 16.9. The van der Waals surface area contributed by atoms with E-state index in [0.717, 1.165) is 21.2 Å². The molecule has 0 aromatic heterocycles. The Labute approximate surface area is 172 Å². The van der Waals surface area contributed by atoms with Crippen molar-refractivity contribution < 1.29 is 9.59 Å². The van der Waals surface area contributed by atoms with Crippen molar-refractivity contribution in [2.75, 3.05) is 5.32 Å². The Bertz CT molecular complexity index is 1050. The molecule has 1 unspecified atom stereocenters. The highest BCUT2D eigenvalue weighted by molar-refractivity contribution is 9.10. The molecular formula is C23H19BrN2O2. The molecule has 5 heteroatoms. The second-order valence-corrected chi connectivity index (χ2v) is 7.71. The maximum absolute atomic E-state index is 13.3. The molecule has 0 radical (unpaired) electrons. The summed E-state index contributed by atoms with van der Waals surface area (Å²) in [5.41, 5.74) is 4.13. The standard InChI is InChI=1S/C23H19BrN2O2/c1-15-13-18(11-12-20(15)24)25-22(27)21(16-7-3-2-4-8-16)26-14-17-9-5-6-10-19(17)23(26)28/h2-13,21H,14H2,1H3,(H,25,27). The monoisotopic (exact) mass is 434 g/mol. The van der Waals surface area contributed by atoms with E-state index in [-0.39, 0.29) is 11.8 Å². The van der Waals surface area contributed by atoms with Crippen LogP contribution in [0.4, 0.5) is 5.69 Å². The third-order valence-corrected chi connectivity index (χ3v) is 5.84. The van der Waals surface area contributed by atoms with E-state index in [1.54, 1.807) is 4.90 Å². The van der Waals surface area contributed by atoms with Crippen LogP contribution in [-0.4, -0.2) is 16.7 Å². The average Bonchev–Trinajstić information content (AvgIpc) is 3.02. The smallest absolute Gasteiger partial charge is 0.255 e. The van der Waals surface area contributed by atoms with E-state index in [0.29, 0.717) is 17.8 Å². The SMILES string of the molecule is Cc1cc(NC(=O)C(c2ccccc2)N2Cc3ccccc3C2=O)ccc1Br. The molecule has 0 spiro atoms. The van der Waals surface area contributed by atoms with Gasteiger partial charge in [0, 0.05) is 22.3 Å². The van der Waals surface area contributed by atoms with Crippen molar-refractivity contribution in [3.05, 3.63) is 99.5 Å². The van der Waals surface area contributed by atoms with E-state index in [1.807, 2.05) is 79.7 Å². The lowest BCUT2D eigenvalue weighted by Crippen LogP contribution is -2.37. The minimum atomic E-state index is -0.704. The number of anilines is 1. The minimum absolute atomic E-state index is 0.119. The fourth-order valence-electron chi connectivity index (χ4n) is 3.53. The number of fused-ring (bicyclic) bond motifs is 1. The second kappa shape index (κ2) is 7.60. The first-order valence-electron chi connectivity index (χ1n) is 9.05. The fourth-order valence-corrected chi connectivity index (χ4v) is 3.77. The molecule has 1 aliphatic rings. The highest BCUT2D eigenvalue weighted by Crippen LogP contribution is 2.32. The van der Waals surface area contributed by atoms with E-state index in [9.17, 15) is 9.59 Å². The third-order valence-electron chi connectivity index (χ3n) is 4.95.